The van der Waals surface area contributed by atoms with Gasteiger partial charge in [-0.05, 0) is 66.2 Å². The van der Waals surface area contributed by atoms with Gasteiger partial charge in [0.1, 0.15) is 0 Å². The zero-order chi connectivity index (χ0) is 9.73. The van der Waals surface area contributed by atoms with Crippen LogP contribution in [0.2, 0.25) is 0 Å². The van der Waals surface area contributed by atoms with E-state index in [4.69, 9.17) is 0 Å². The second-order valence-electron chi connectivity index (χ2n) is 5.08. The Morgan fingerprint density at radius 1 is 1.15 bits per heavy atom. The Labute approximate surface area is 82.7 Å². The van der Waals surface area contributed by atoms with Gasteiger partial charge in [0.2, 0.25) is 0 Å². The summed E-state index contributed by atoms with van der Waals surface area (Å²) in [7, 11) is 0. The fourth-order valence-electron chi connectivity index (χ4n) is 1.77. The maximum absolute atomic E-state index is 3.52. The molecule has 0 unspecified atom stereocenters. The van der Waals surface area contributed by atoms with Gasteiger partial charge in [0.15, 0.2) is 0 Å². The number of hydrogen-bond donors (Lipinski definition) is 1. The highest BCUT2D eigenvalue weighted by Crippen LogP contribution is 2.07. The lowest BCUT2D eigenvalue weighted by Crippen LogP contribution is -2.37. The zero-order valence-corrected chi connectivity index (χ0v) is 9.40. The van der Waals surface area contributed by atoms with Crippen molar-refractivity contribution in [2.75, 3.05) is 26.2 Å². The van der Waals surface area contributed by atoms with Crippen molar-refractivity contribution in [2.45, 2.75) is 45.6 Å². The third kappa shape index (κ3) is 5.27. The third-order valence-corrected chi connectivity index (χ3v) is 2.51. The molecule has 0 radical (unpaired) electrons. The third-order valence-electron chi connectivity index (χ3n) is 2.51. The minimum Gasteiger partial charge on any atom is -0.312 e. The molecule has 0 aromatic rings. The van der Waals surface area contributed by atoms with Gasteiger partial charge in [0.25, 0.3) is 0 Å². The Hall–Kier alpha value is -0.0800. The van der Waals surface area contributed by atoms with Crippen molar-refractivity contribution in [3.8, 4) is 0 Å². The normalized spacial score (nSPS) is 19.6. The van der Waals surface area contributed by atoms with E-state index in [1.807, 2.05) is 0 Å². The van der Waals surface area contributed by atoms with Crippen LogP contribution in [0.1, 0.15) is 40.0 Å². The average molecular weight is 184 g/mol. The van der Waals surface area contributed by atoms with Crippen molar-refractivity contribution < 1.29 is 0 Å². The van der Waals surface area contributed by atoms with Crippen molar-refractivity contribution in [3.63, 3.8) is 0 Å². The van der Waals surface area contributed by atoms with Crippen LogP contribution in [0.15, 0.2) is 0 Å². The van der Waals surface area contributed by atoms with Crippen LogP contribution in [0, 0.1) is 0 Å². The number of likely N-dealkylation sites (tertiary alicyclic amines) is 1. The highest BCUT2D eigenvalue weighted by atomic mass is 15.1. The molecule has 1 aliphatic rings. The molecule has 0 bridgehead atoms. The second-order valence-corrected chi connectivity index (χ2v) is 5.08. The summed E-state index contributed by atoms with van der Waals surface area (Å²) in [5.41, 5.74) is 0.283. The van der Waals surface area contributed by atoms with Gasteiger partial charge < -0.3 is 10.2 Å². The van der Waals surface area contributed by atoms with Gasteiger partial charge in [0, 0.05) is 5.54 Å². The molecule has 1 N–H and O–H groups in total. The van der Waals surface area contributed by atoms with E-state index in [-0.39, 0.29) is 5.54 Å². The van der Waals surface area contributed by atoms with Crippen molar-refractivity contribution in [1.29, 1.82) is 0 Å². The maximum atomic E-state index is 3.52. The Morgan fingerprint density at radius 3 is 2.31 bits per heavy atom. The van der Waals surface area contributed by atoms with Gasteiger partial charge >= 0.3 is 0 Å². The topological polar surface area (TPSA) is 15.3 Å². The van der Waals surface area contributed by atoms with Gasteiger partial charge in [-0.1, -0.05) is 0 Å². The smallest absolute Gasteiger partial charge is 0.00965 e. The summed E-state index contributed by atoms with van der Waals surface area (Å²) in [6.45, 7) is 11.8. The molecule has 0 amide bonds. The Morgan fingerprint density at radius 2 is 1.77 bits per heavy atom. The highest BCUT2D eigenvalue weighted by molar-refractivity contribution is 4.71. The first-order valence-electron chi connectivity index (χ1n) is 5.55. The SMILES string of the molecule is CC(C)(C)NCCCN1CCCC1. The highest BCUT2D eigenvalue weighted by Gasteiger charge is 2.11. The molecule has 0 saturated carbocycles. The molecule has 2 heteroatoms. The van der Waals surface area contributed by atoms with E-state index < -0.39 is 0 Å². The molecule has 1 rings (SSSR count). The Kier molecular flexibility index (Phi) is 4.20. The van der Waals surface area contributed by atoms with E-state index in [0.717, 1.165) is 6.54 Å². The predicted octanol–water partition coefficient (Wildman–Crippen LogP) is 1.86. The molecule has 0 aromatic carbocycles. The Balaban J connectivity index is 1.94. The largest absolute Gasteiger partial charge is 0.312 e. The van der Waals surface area contributed by atoms with Crippen molar-refractivity contribution >= 4 is 0 Å². The van der Waals surface area contributed by atoms with E-state index in [2.05, 4.69) is 31.0 Å². The lowest BCUT2D eigenvalue weighted by molar-refractivity contribution is 0.320. The zero-order valence-electron chi connectivity index (χ0n) is 9.40. The first-order chi connectivity index (χ1) is 6.08. The second kappa shape index (κ2) is 4.97. The van der Waals surface area contributed by atoms with Crippen LogP contribution >= 0.6 is 0 Å². The summed E-state index contributed by atoms with van der Waals surface area (Å²) >= 11 is 0. The quantitative estimate of drug-likeness (QED) is 0.671. The van der Waals surface area contributed by atoms with E-state index in [0.29, 0.717) is 0 Å². The number of nitrogens with zero attached hydrogens (tertiary/aromatic N) is 1. The van der Waals surface area contributed by atoms with Crippen LogP contribution in [0.25, 0.3) is 0 Å². The van der Waals surface area contributed by atoms with Crippen LogP contribution in [0.5, 0.6) is 0 Å². The predicted molar refractivity (Wildman–Crippen MR) is 58.0 cm³/mol. The number of nitrogens with one attached hydrogen (secondary N) is 1. The van der Waals surface area contributed by atoms with E-state index in [9.17, 15) is 0 Å². The Bertz CT molecular complexity index is 132. The van der Waals surface area contributed by atoms with Crippen LogP contribution in [0.4, 0.5) is 0 Å². The summed E-state index contributed by atoms with van der Waals surface area (Å²) < 4.78 is 0. The first-order valence-corrected chi connectivity index (χ1v) is 5.55. The minimum absolute atomic E-state index is 0.283. The van der Waals surface area contributed by atoms with E-state index in [1.54, 1.807) is 0 Å². The summed E-state index contributed by atoms with van der Waals surface area (Å²) in [6, 6.07) is 0. The lowest BCUT2D eigenvalue weighted by Gasteiger charge is -2.21. The van der Waals surface area contributed by atoms with Crippen molar-refractivity contribution in [3.05, 3.63) is 0 Å². The van der Waals surface area contributed by atoms with Gasteiger partial charge in [-0.15, -0.1) is 0 Å². The van der Waals surface area contributed by atoms with Gasteiger partial charge in [-0.2, -0.15) is 0 Å². The van der Waals surface area contributed by atoms with Crippen molar-refractivity contribution in [2.24, 2.45) is 0 Å². The van der Waals surface area contributed by atoms with Gasteiger partial charge in [-0.25, -0.2) is 0 Å². The first kappa shape index (κ1) is 11.0. The molecular formula is C11H24N2. The van der Waals surface area contributed by atoms with Crippen LogP contribution in [-0.4, -0.2) is 36.6 Å². The maximum Gasteiger partial charge on any atom is 0.00965 e. The molecule has 1 fully saturated rings. The summed E-state index contributed by atoms with van der Waals surface area (Å²) in [6.07, 6.45) is 4.11. The summed E-state index contributed by atoms with van der Waals surface area (Å²) in [5, 5.41) is 3.52. The van der Waals surface area contributed by atoms with Crippen LogP contribution < -0.4 is 5.32 Å². The molecule has 0 spiro atoms. The van der Waals surface area contributed by atoms with Crippen LogP contribution in [0.3, 0.4) is 0 Å². The molecule has 0 atom stereocenters. The molecule has 2 nitrogen and oxygen atoms in total. The molecular weight excluding hydrogens is 160 g/mol. The average Bonchev–Trinajstić information content (AvgIpc) is 2.48. The van der Waals surface area contributed by atoms with Crippen LogP contribution in [-0.2, 0) is 0 Å². The van der Waals surface area contributed by atoms with E-state index in [1.165, 1.54) is 38.9 Å². The monoisotopic (exact) mass is 184 g/mol. The fraction of sp³-hybridized carbons (Fsp3) is 1.00. The van der Waals surface area contributed by atoms with Gasteiger partial charge in [0.05, 0.1) is 0 Å². The van der Waals surface area contributed by atoms with Gasteiger partial charge in [-0.3, -0.25) is 0 Å². The lowest BCUT2D eigenvalue weighted by atomic mass is 10.1. The number of rotatable bonds is 4. The molecule has 1 aliphatic heterocycles. The molecule has 13 heavy (non-hydrogen) atoms. The molecule has 0 aliphatic carbocycles. The fourth-order valence-corrected chi connectivity index (χ4v) is 1.77. The summed E-state index contributed by atoms with van der Waals surface area (Å²) in [5.74, 6) is 0. The molecule has 78 valence electrons. The number of hydrogen-bond acceptors (Lipinski definition) is 2. The summed E-state index contributed by atoms with van der Waals surface area (Å²) in [4.78, 5) is 2.57. The molecule has 1 heterocycles. The van der Waals surface area contributed by atoms with Crippen molar-refractivity contribution in [1.82, 2.24) is 10.2 Å². The minimum atomic E-state index is 0.283. The van der Waals surface area contributed by atoms with E-state index >= 15 is 0 Å². The standard InChI is InChI=1S/C11H24N2/c1-11(2,3)12-7-6-10-13-8-4-5-9-13/h12H,4-10H2,1-3H3. The molecule has 0 aromatic heterocycles. The molecule has 1 saturated heterocycles.